The van der Waals surface area contributed by atoms with E-state index >= 15 is 0 Å². The minimum Gasteiger partial charge on any atom is -0.376 e. The van der Waals surface area contributed by atoms with E-state index in [1.807, 2.05) is 0 Å². The predicted octanol–water partition coefficient (Wildman–Crippen LogP) is 0.425. The lowest BCUT2D eigenvalue weighted by molar-refractivity contribution is -0.139. The van der Waals surface area contributed by atoms with Crippen LogP contribution in [0.3, 0.4) is 0 Å². The van der Waals surface area contributed by atoms with Gasteiger partial charge in [-0.25, -0.2) is 8.42 Å². The highest BCUT2D eigenvalue weighted by atomic mass is 32.2. The standard InChI is InChI=1S/C19H27N3O5S/c23-18(19(24)21-14-16-4-3-13-27-16)20-10-9-15-5-7-17(8-6-15)28(25,26)22-11-1-2-12-22/h5-8,16H,1-4,9-14H2,(H,20,23)(H,21,24)/t16-/m1/s1. The molecule has 9 heteroatoms. The molecule has 0 saturated carbocycles. The lowest BCUT2D eigenvalue weighted by Crippen LogP contribution is -2.43. The summed E-state index contributed by atoms with van der Waals surface area (Å²) in [6.07, 6.45) is 4.17. The maximum Gasteiger partial charge on any atom is 0.309 e. The van der Waals surface area contributed by atoms with Gasteiger partial charge in [-0.3, -0.25) is 9.59 Å². The highest BCUT2D eigenvalue weighted by Gasteiger charge is 2.26. The van der Waals surface area contributed by atoms with Crippen LogP contribution in [0.15, 0.2) is 29.2 Å². The normalized spacial score (nSPS) is 20.2. The topological polar surface area (TPSA) is 105 Å². The second-order valence-electron chi connectivity index (χ2n) is 7.11. The Morgan fingerprint density at radius 2 is 1.71 bits per heavy atom. The average molecular weight is 410 g/mol. The lowest BCUT2D eigenvalue weighted by Gasteiger charge is -2.15. The molecule has 1 aromatic carbocycles. The van der Waals surface area contributed by atoms with Crippen molar-refractivity contribution in [2.24, 2.45) is 0 Å². The summed E-state index contributed by atoms with van der Waals surface area (Å²) in [4.78, 5) is 23.9. The molecular formula is C19H27N3O5S. The molecule has 0 aromatic heterocycles. The molecule has 0 spiro atoms. The van der Waals surface area contributed by atoms with Gasteiger partial charge < -0.3 is 15.4 Å². The summed E-state index contributed by atoms with van der Waals surface area (Å²) >= 11 is 0. The van der Waals surface area contributed by atoms with E-state index in [0.717, 1.165) is 31.2 Å². The van der Waals surface area contributed by atoms with Crippen molar-refractivity contribution in [3.8, 4) is 0 Å². The van der Waals surface area contributed by atoms with E-state index < -0.39 is 21.8 Å². The number of hydrogen-bond acceptors (Lipinski definition) is 5. The Balaban J connectivity index is 1.42. The van der Waals surface area contributed by atoms with E-state index in [2.05, 4.69) is 10.6 Å². The highest BCUT2D eigenvalue weighted by molar-refractivity contribution is 7.89. The number of carbonyl (C=O) groups excluding carboxylic acids is 2. The molecule has 0 radical (unpaired) electrons. The van der Waals surface area contributed by atoms with Crippen LogP contribution < -0.4 is 10.6 Å². The van der Waals surface area contributed by atoms with Gasteiger partial charge in [-0.05, 0) is 49.8 Å². The molecule has 0 aliphatic carbocycles. The molecular weight excluding hydrogens is 382 g/mol. The van der Waals surface area contributed by atoms with E-state index in [0.29, 0.717) is 39.2 Å². The van der Waals surface area contributed by atoms with E-state index in [9.17, 15) is 18.0 Å². The van der Waals surface area contributed by atoms with Crippen LogP contribution in [-0.4, -0.2) is 63.4 Å². The molecule has 2 fully saturated rings. The number of benzene rings is 1. The Kier molecular flexibility index (Phi) is 7.03. The largest absolute Gasteiger partial charge is 0.376 e. The van der Waals surface area contributed by atoms with Gasteiger partial charge >= 0.3 is 11.8 Å². The summed E-state index contributed by atoms with van der Waals surface area (Å²) in [5, 5.41) is 5.15. The number of nitrogens with one attached hydrogen (secondary N) is 2. The van der Waals surface area contributed by atoms with E-state index in [4.69, 9.17) is 4.74 Å². The van der Waals surface area contributed by atoms with E-state index in [1.54, 1.807) is 24.3 Å². The van der Waals surface area contributed by atoms with Gasteiger partial charge in [-0.2, -0.15) is 4.31 Å². The molecule has 2 aliphatic heterocycles. The van der Waals surface area contributed by atoms with Gasteiger partial charge in [0.2, 0.25) is 10.0 Å². The van der Waals surface area contributed by atoms with Gasteiger partial charge in [0.25, 0.3) is 0 Å². The number of amides is 2. The summed E-state index contributed by atoms with van der Waals surface area (Å²) in [6.45, 7) is 2.49. The number of rotatable bonds is 7. The smallest absolute Gasteiger partial charge is 0.309 e. The van der Waals surface area contributed by atoms with Gasteiger partial charge in [0, 0.05) is 32.8 Å². The van der Waals surface area contributed by atoms with Crippen molar-refractivity contribution >= 4 is 21.8 Å². The van der Waals surface area contributed by atoms with Crippen molar-refractivity contribution in [3.63, 3.8) is 0 Å². The summed E-state index contributed by atoms with van der Waals surface area (Å²) < 4.78 is 31.9. The van der Waals surface area contributed by atoms with Crippen molar-refractivity contribution in [2.75, 3.05) is 32.8 Å². The van der Waals surface area contributed by atoms with E-state index in [-0.39, 0.29) is 11.0 Å². The van der Waals surface area contributed by atoms with Crippen LogP contribution in [0.4, 0.5) is 0 Å². The first-order chi connectivity index (χ1) is 13.5. The maximum absolute atomic E-state index is 12.5. The summed E-state index contributed by atoms with van der Waals surface area (Å²) in [5.74, 6) is -1.34. The fourth-order valence-electron chi connectivity index (χ4n) is 3.40. The molecule has 3 rings (SSSR count). The van der Waals surface area contributed by atoms with Crippen molar-refractivity contribution in [1.82, 2.24) is 14.9 Å². The zero-order valence-electron chi connectivity index (χ0n) is 15.9. The number of ether oxygens (including phenoxy) is 1. The zero-order chi connectivity index (χ0) is 20.0. The maximum atomic E-state index is 12.5. The highest BCUT2D eigenvalue weighted by Crippen LogP contribution is 2.21. The Morgan fingerprint density at radius 1 is 1.04 bits per heavy atom. The molecule has 8 nitrogen and oxygen atoms in total. The number of nitrogens with zero attached hydrogens (tertiary/aromatic N) is 1. The lowest BCUT2D eigenvalue weighted by atomic mass is 10.1. The molecule has 28 heavy (non-hydrogen) atoms. The SMILES string of the molecule is O=C(NCCc1ccc(S(=O)(=O)N2CCCC2)cc1)C(=O)NC[C@H]1CCCO1. The van der Waals surface area contributed by atoms with Gasteiger partial charge in [0.15, 0.2) is 0 Å². The average Bonchev–Trinajstić information content (AvgIpc) is 3.40. The monoisotopic (exact) mass is 409 g/mol. The number of carbonyl (C=O) groups is 2. The Hall–Kier alpha value is -1.97. The molecule has 0 unspecified atom stereocenters. The van der Waals surface area contributed by atoms with Crippen LogP contribution in [0.2, 0.25) is 0 Å². The first kappa shape index (κ1) is 20.8. The van der Waals surface area contributed by atoms with Gasteiger partial charge in [-0.1, -0.05) is 12.1 Å². The second-order valence-corrected chi connectivity index (χ2v) is 9.04. The molecule has 2 saturated heterocycles. The van der Waals surface area contributed by atoms with Gasteiger partial charge in [-0.15, -0.1) is 0 Å². The third-order valence-corrected chi connectivity index (χ3v) is 6.96. The third-order valence-electron chi connectivity index (χ3n) is 5.05. The minimum atomic E-state index is -3.41. The molecule has 1 atom stereocenters. The van der Waals surface area contributed by atoms with Crippen molar-refractivity contribution in [3.05, 3.63) is 29.8 Å². The van der Waals surface area contributed by atoms with Crippen molar-refractivity contribution in [1.29, 1.82) is 0 Å². The van der Waals surface area contributed by atoms with Gasteiger partial charge in [0.05, 0.1) is 11.0 Å². The van der Waals surface area contributed by atoms with Crippen LogP contribution in [0.1, 0.15) is 31.2 Å². The Labute approximate surface area is 165 Å². The first-order valence-corrected chi connectivity index (χ1v) is 11.2. The molecule has 2 heterocycles. The molecule has 1 aromatic rings. The second kappa shape index (κ2) is 9.49. The fourth-order valence-corrected chi connectivity index (χ4v) is 4.92. The number of sulfonamides is 1. The third kappa shape index (κ3) is 5.30. The summed E-state index contributed by atoms with van der Waals surface area (Å²) in [6, 6.07) is 6.68. The Bertz CT molecular complexity index is 782. The molecule has 154 valence electrons. The van der Waals surface area contributed by atoms with Gasteiger partial charge in [0.1, 0.15) is 0 Å². The first-order valence-electron chi connectivity index (χ1n) is 9.73. The van der Waals surface area contributed by atoms with Crippen LogP contribution in [0.25, 0.3) is 0 Å². The summed E-state index contributed by atoms with van der Waals surface area (Å²) in [7, 11) is -3.41. The molecule has 2 N–H and O–H groups in total. The minimum absolute atomic E-state index is 0.00731. The van der Waals surface area contributed by atoms with E-state index in [1.165, 1.54) is 4.31 Å². The fraction of sp³-hybridized carbons (Fsp3) is 0.579. The molecule has 2 amide bonds. The summed E-state index contributed by atoms with van der Waals surface area (Å²) in [5.41, 5.74) is 0.889. The van der Waals surface area contributed by atoms with Crippen LogP contribution in [0.5, 0.6) is 0 Å². The van der Waals surface area contributed by atoms with Crippen molar-refractivity contribution in [2.45, 2.75) is 43.1 Å². The number of hydrogen-bond donors (Lipinski definition) is 2. The van der Waals surface area contributed by atoms with Crippen LogP contribution in [0, 0.1) is 0 Å². The van der Waals surface area contributed by atoms with Crippen molar-refractivity contribution < 1.29 is 22.7 Å². The Morgan fingerprint density at radius 3 is 2.36 bits per heavy atom. The van der Waals surface area contributed by atoms with Crippen LogP contribution >= 0.6 is 0 Å². The molecule has 0 bridgehead atoms. The predicted molar refractivity (Wildman–Crippen MR) is 103 cm³/mol. The van der Waals surface area contributed by atoms with Crippen LogP contribution in [-0.2, 0) is 30.8 Å². The quantitative estimate of drug-likeness (QED) is 0.636. The zero-order valence-corrected chi connectivity index (χ0v) is 16.7. The molecule has 2 aliphatic rings.